The molecule has 0 heterocycles. The highest BCUT2D eigenvalue weighted by Gasteiger charge is 2.10. The molecule has 0 aliphatic carbocycles. The molecular formula is C16H17IN2O2. The molecule has 2 rings (SSSR count). The van der Waals surface area contributed by atoms with Gasteiger partial charge in [-0.15, -0.1) is 0 Å². The molecule has 21 heavy (non-hydrogen) atoms. The molecule has 1 N–H and O–H groups in total. The minimum Gasteiger partial charge on any atom is -0.492 e. The van der Waals surface area contributed by atoms with Crippen molar-refractivity contribution < 1.29 is 9.53 Å². The van der Waals surface area contributed by atoms with Gasteiger partial charge in [0.1, 0.15) is 12.4 Å². The maximum atomic E-state index is 12.1. The number of amides is 2. The normalized spacial score (nSPS) is 10.0. The number of anilines is 1. The topological polar surface area (TPSA) is 41.6 Å². The van der Waals surface area contributed by atoms with E-state index >= 15 is 0 Å². The van der Waals surface area contributed by atoms with E-state index in [4.69, 9.17) is 4.74 Å². The second kappa shape index (κ2) is 7.87. The molecule has 0 atom stereocenters. The third-order valence-corrected chi connectivity index (χ3v) is 3.84. The van der Waals surface area contributed by atoms with Crippen molar-refractivity contribution in [1.29, 1.82) is 0 Å². The molecule has 0 aliphatic heterocycles. The van der Waals surface area contributed by atoms with E-state index in [1.54, 1.807) is 11.9 Å². The van der Waals surface area contributed by atoms with Gasteiger partial charge in [-0.1, -0.05) is 30.3 Å². The van der Waals surface area contributed by atoms with Crippen molar-refractivity contribution in [2.45, 2.75) is 0 Å². The van der Waals surface area contributed by atoms with E-state index in [0.717, 1.165) is 15.0 Å². The molecule has 2 amide bonds. The molecule has 2 aromatic carbocycles. The molecule has 2 aromatic rings. The van der Waals surface area contributed by atoms with E-state index in [2.05, 4.69) is 27.9 Å². The number of hydrogen-bond donors (Lipinski definition) is 1. The van der Waals surface area contributed by atoms with Crippen LogP contribution in [0.5, 0.6) is 5.75 Å². The van der Waals surface area contributed by atoms with Gasteiger partial charge >= 0.3 is 6.03 Å². The number of benzene rings is 2. The summed E-state index contributed by atoms with van der Waals surface area (Å²) in [6.07, 6.45) is 0. The number of halogens is 1. The van der Waals surface area contributed by atoms with E-state index in [-0.39, 0.29) is 6.03 Å². The molecule has 0 fully saturated rings. The van der Waals surface area contributed by atoms with Crippen LogP contribution in [0.25, 0.3) is 0 Å². The summed E-state index contributed by atoms with van der Waals surface area (Å²) >= 11 is 2.20. The predicted molar refractivity (Wildman–Crippen MR) is 92.7 cm³/mol. The van der Waals surface area contributed by atoms with Crippen LogP contribution in [0.15, 0.2) is 54.6 Å². The number of urea groups is 1. The van der Waals surface area contributed by atoms with E-state index in [1.165, 1.54) is 0 Å². The fraction of sp³-hybridized carbons (Fsp3) is 0.188. The van der Waals surface area contributed by atoms with Gasteiger partial charge in [0, 0.05) is 10.6 Å². The molecule has 0 aromatic heterocycles. The number of ether oxygens (including phenoxy) is 1. The lowest BCUT2D eigenvalue weighted by atomic mass is 10.3. The minimum absolute atomic E-state index is 0.143. The van der Waals surface area contributed by atoms with E-state index in [0.29, 0.717) is 13.2 Å². The average molecular weight is 396 g/mol. The number of carbonyl (C=O) groups excluding carboxylic acids is 1. The van der Waals surface area contributed by atoms with Gasteiger partial charge in [-0.05, 0) is 46.9 Å². The van der Waals surface area contributed by atoms with E-state index in [9.17, 15) is 4.79 Å². The largest absolute Gasteiger partial charge is 0.492 e. The number of carbonyl (C=O) groups is 1. The summed E-state index contributed by atoms with van der Waals surface area (Å²) in [6.45, 7) is 0.976. The molecule has 5 heteroatoms. The summed E-state index contributed by atoms with van der Waals surface area (Å²) in [5.74, 6) is 0.809. The summed E-state index contributed by atoms with van der Waals surface area (Å²) < 4.78 is 6.59. The first-order chi connectivity index (χ1) is 10.2. The number of nitrogens with zero attached hydrogens (tertiary/aromatic N) is 1. The zero-order valence-corrected chi connectivity index (χ0v) is 13.9. The van der Waals surface area contributed by atoms with Crippen molar-refractivity contribution in [3.8, 4) is 5.75 Å². The summed E-state index contributed by atoms with van der Waals surface area (Å²) in [4.78, 5) is 13.7. The summed E-state index contributed by atoms with van der Waals surface area (Å²) in [7, 11) is 1.75. The second-order valence-corrected chi connectivity index (χ2v) is 5.66. The molecular weight excluding hydrogens is 379 g/mol. The molecule has 0 spiro atoms. The number of hydrogen-bond acceptors (Lipinski definition) is 2. The Labute approximate surface area is 138 Å². The quantitative estimate of drug-likeness (QED) is 0.781. The van der Waals surface area contributed by atoms with Crippen LogP contribution in [-0.4, -0.2) is 31.1 Å². The first-order valence-electron chi connectivity index (χ1n) is 6.61. The van der Waals surface area contributed by atoms with Crippen molar-refractivity contribution in [2.75, 3.05) is 25.5 Å². The second-order valence-electron chi connectivity index (χ2n) is 4.49. The summed E-state index contributed by atoms with van der Waals surface area (Å²) in [5.41, 5.74) is 0.818. The van der Waals surface area contributed by atoms with Crippen LogP contribution in [0, 0.1) is 3.57 Å². The lowest BCUT2D eigenvalue weighted by Crippen LogP contribution is -2.34. The predicted octanol–water partition coefficient (Wildman–Crippen LogP) is 3.83. The first-order valence-corrected chi connectivity index (χ1v) is 7.69. The van der Waals surface area contributed by atoms with Crippen molar-refractivity contribution in [2.24, 2.45) is 0 Å². The van der Waals surface area contributed by atoms with Gasteiger partial charge in [-0.3, -0.25) is 0 Å². The van der Waals surface area contributed by atoms with Crippen LogP contribution >= 0.6 is 22.6 Å². The van der Waals surface area contributed by atoms with Crippen LogP contribution < -0.4 is 10.1 Å². The van der Waals surface area contributed by atoms with Gasteiger partial charge in [0.25, 0.3) is 0 Å². The van der Waals surface area contributed by atoms with Crippen LogP contribution in [-0.2, 0) is 0 Å². The van der Waals surface area contributed by atoms with Gasteiger partial charge in [-0.2, -0.15) is 0 Å². The van der Waals surface area contributed by atoms with Crippen molar-refractivity contribution in [1.82, 2.24) is 4.90 Å². The number of nitrogens with one attached hydrogen (secondary N) is 1. The zero-order valence-electron chi connectivity index (χ0n) is 11.8. The van der Waals surface area contributed by atoms with Crippen molar-refractivity contribution >= 4 is 34.3 Å². The molecule has 0 radical (unpaired) electrons. The highest BCUT2D eigenvalue weighted by molar-refractivity contribution is 14.1. The summed E-state index contributed by atoms with van der Waals surface area (Å²) in [6, 6.07) is 17.1. The Hall–Kier alpha value is -1.76. The molecule has 0 unspecified atom stereocenters. The zero-order chi connectivity index (χ0) is 15.1. The van der Waals surface area contributed by atoms with Gasteiger partial charge in [0.15, 0.2) is 0 Å². The molecule has 110 valence electrons. The van der Waals surface area contributed by atoms with Crippen LogP contribution in [0.4, 0.5) is 10.5 Å². The Morgan fingerprint density at radius 1 is 1.14 bits per heavy atom. The smallest absolute Gasteiger partial charge is 0.321 e. The minimum atomic E-state index is -0.143. The third-order valence-electron chi connectivity index (χ3n) is 2.90. The van der Waals surface area contributed by atoms with Crippen molar-refractivity contribution in [3.63, 3.8) is 0 Å². The Balaban J connectivity index is 1.79. The standard InChI is InChI=1S/C16H17IN2O2/c1-19(11-12-21-13-7-3-2-4-8-13)16(20)18-15-10-6-5-9-14(15)17/h2-10H,11-12H2,1H3,(H,18,20). The molecule has 0 saturated heterocycles. The Bertz CT molecular complexity index is 590. The molecule has 0 aliphatic rings. The first kappa shape index (κ1) is 15.6. The van der Waals surface area contributed by atoms with Gasteiger partial charge < -0.3 is 15.0 Å². The van der Waals surface area contributed by atoms with Crippen LogP contribution in [0.1, 0.15) is 0 Å². The Morgan fingerprint density at radius 2 is 1.81 bits per heavy atom. The van der Waals surface area contributed by atoms with Crippen LogP contribution in [0.2, 0.25) is 0 Å². The Morgan fingerprint density at radius 3 is 2.52 bits per heavy atom. The molecule has 0 saturated carbocycles. The lowest BCUT2D eigenvalue weighted by molar-refractivity contribution is 0.207. The maximum absolute atomic E-state index is 12.1. The number of rotatable bonds is 5. The number of para-hydroxylation sites is 2. The maximum Gasteiger partial charge on any atom is 0.321 e. The van der Waals surface area contributed by atoms with Gasteiger partial charge in [0.2, 0.25) is 0 Å². The van der Waals surface area contributed by atoms with E-state index in [1.807, 2.05) is 54.6 Å². The van der Waals surface area contributed by atoms with Crippen LogP contribution in [0.3, 0.4) is 0 Å². The molecule has 4 nitrogen and oxygen atoms in total. The highest BCUT2D eigenvalue weighted by atomic mass is 127. The fourth-order valence-electron chi connectivity index (χ4n) is 1.69. The third kappa shape index (κ3) is 4.93. The summed E-state index contributed by atoms with van der Waals surface area (Å²) in [5, 5.41) is 2.88. The SMILES string of the molecule is CN(CCOc1ccccc1)C(=O)Nc1ccccc1I. The van der Waals surface area contributed by atoms with Crippen molar-refractivity contribution in [3.05, 3.63) is 58.2 Å². The van der Waals surface area contributed by atoms with E-state index < -0.39 is 0 Å². The van der Waals surface area contributed by atoms with Gasteiger partial charge in [-0.25, -0.2) is 4.79 Å². The molecule has 0 bridgehead atoms. The average Bonchev–Trinajstić information content (AvgIpc) is 2.50. The lowest BCUT2D eigenvalue weighted by Gasteiger charge is -2.18. The Kier molecular flexibility index (Phi) is 5.86. The number of likely N-dealkylation sites (N-methyl/N-ethyl adjacent to an activating group) is 1. The highest BCUT2D eigenvalue weighted by Crippen LogP contribution is 2.17. The fourth-order valence-corrected chi connectivity index (χ4v) is 2.21. The van der Waals surface area contributed by atoms with Gasteiger partial charge in [0.05, 0.1) is 12.2 Å². The monoisotopic (exact) mass is 396 g/mol.